The molecule has 0 saturated heterocycles. The molecule has 1 aromatic heterocycles. The van der Waals surface area contributed by atoms with E-state index < -0.39 is 11.8 Å². The molecular weight excluding hydrogens is 521 g/mol. The smallest absolute Gasteiger partial charge is 0.322 e. The predicted octanol–water partition coefficient (Wildman–Crippen LogP) is 5.35. The molecule has 3 amide bonds. The number of amides is 3. The molecule has 2 aromatic carbocycles. The Kier molecular flexibility index (Phi) is 11.6. The van der Waals surface area contributed by atoms with Gasteiger partial charge in [0, 0.05) is 31.7 Å². The molecule has 0 radical (unpaired) electrons. The van der Waals surface area contributed by atoms with Gasteiger partial charge in [0.1, 0.15) is 12.4 Å². The average Bonchev–Trinajstić information content (AvgIpc) is 3.35. The topological polar surface area (TPSA) is 80.3 Å². The van der Waals surface area contributed by atoms with E-state index in [1.54, 1.807) is 49.7 Å². The number of para-hydroxylation sites is 1. The Morgan fingerprint density at radius 1 is 0.974 bits per heavy atom. The molecule has 39 heavy (non-hydrogen) atoms. The molecule has 210 valence electrons. The van der Waals surface area contributed by atoms with Gasteiger partial charge in [0.15, 0.2) is 11.5 Å². The zero-order valence-corrected chi connectivity index (χ0v) is 23.7. The number of carbonyl (C=O) groups excluding carboxylic acids is 2. The summed E-state index contributed by atoms with van der Waals surface area (Å²) < 4.78 is 30.1. The van der Waals surface area contributed by atoms with Crippen LogP contribution in [0.1, 0.15) is 22.4 Å². The Labute approximate surface area is 233 Å². The van der Waals surface area contributed by atoms with E-state index in [2.05, 4.69) is 5.32 Å². The third-order valence-electron chi connectivity index (χ3n) is 6.28. The number of ether oxygens (including phenoxy) is 3. The van der Waals surface area contributed by atoms with Crippen molar-refractivity contribution in [3.05, 3.63) is 75.7 Å². The normalized spacial score (nSPS) is 10.7. The maximum atomic E-state index is 14.2. The Balaban J connectivity index is 1.77. The van der Waals surface area contributed by atoms with Gasteiger partial charge in [-0.25, -0.2) is 9.18 Å². The van der Waals surface area contributed by atoms with Crippen LogP contribution in [0.3, 0.4) is 0 Å². The zero-order chi connectivity index (χ0) is 28.2. The molecule has 0 atom stereocenters. The van der Waals surface area contributed by atoms with Crippen LogP contribution in [-0.4, -0.2) is 69.3 Å². The number of hydrogen-bond donors (Lipinski definition) is 1. The van der Waals surface area contributed by atoms with Crippen molar-refractivity contribution in [2.45, 2.75) is 26.3 Å². The second-order valence-corrected chi connectivity index (χ2v) is 9.96. The van der Waals surface area contributed by atoms with Gasteiger partial charge < -0.3 is 29.3 Å². The molecular formula is C29H36FN3O5S. The lowest BCUT2D eigenvalue weighted by Gasteiger charge is -2.28. The van der Waals surface area contributed by atoms with Gasteiger partial charge in [-0.3, -0.25) is 4.79 Å². The summed E-state index contributed by atoms with van der Waals surface area (Å²) in [4.78, 5) is 31.0. The molecule has 0 spiro atoms. The summed E-state index contributed by atoms with van der Waals surface area (Å²) in [5, 5.41) is 4.59. The lowest BCUT2D eigenvalue weighted by molar-refractivity contribution is -0.132. The Hall–Kier alpha value is -3.63. The first-order valence-electron chi connectivity index (χ1n) is 12.7. The van der Waals surface area contributed by atoms with E-state index in [4.69, 9.17) is 14.2 Å². The van der Waals surface area contributed by atoms with Crippen LogP contribution in [0.25, 0.3) is 0 Å². The molecule has 0 aliphatic rings. The number of aryl methyl sites for hydroxylation is 1. The minimum absolute atomic E-state index is 0.0613. The lowest BCUT2D eigenvalue weighted by atomic mass is 10.1. The van der Waals surface area contributed by atoms with Crippen LogP contribution in [0.2, 0.25) is 0 Å². The van der Waals surface area contributed by atoms with E-state index >= 15 is 0 Å². The van der Waals surface area contributed by atoms with E-state index in [-0.39, 0.29) is 24.7 Å². The Bertz CT molecular complexity index is 1240. The third-order valence-corrected chi connectivity index (χ3v) is 7.29. The number of benzene rings is 2. The monoisotopic (exact) mass is 557 g/mol. The Morgan fingerprint density at radius 2 is 1.74 bits per heavy atom. The van der Waals surface area contributed by atoms with Gasteiger partial charge in [-0.05, 0) is 66.6 Å². The summed E-state index contributed by atoms with van der Waals surface area (Å²) in [7, 11) is 4.75. The molecule has 0 aliphatic heterocycles. The van der Waals surface area contributed by atoms with E-state index in [1.807, 2.05) is 36.6 Å². The van der Waals surface area contributed by atoms with Gasteiger partial charge in [0.2, 0.25) is 5.91 Å². The molecule has 0 aliphatic carbocycles. The summed E-state index contributed by atoms with van der Waals surface area (Å²) >= 11 is 1.59. The van der Waals surface area contributed by atoms with Gasteiger partial charge in [0.05, 0.1) is 26.5 Å². The zero-order valence-electron chi connectivity index (χ0n) is 22.9. The van der Waals surface area contributed by atoms with Gasteiger partial charge in [-0.15, -0.1) is 11.3 Å². The second kappa shape index (κ2) is 15.1. The van der Waals surface area contributed by atoms with Gasteiger partial charge in [0.25, 0.3) is 0 Å². The van der Waals surface area contributed by atoms with Crippen LogP contribution in [0.5, 0.6) is 11.5 Å². The first-order chi connectivity index (χ1) is 18.9. The standard InChI is InChI=1S/C29H36FN3O5S/c1-21-13-17-39-27(21)19-32(15-12-22-10-11-25(37-3)26(18-22)38-4)28(34)20-33(14-7-16-36-2)29(35)31-24-9-6-5-8-23(24)30/h5-6,8-11,13,17-18H,7,12,14-16,19-20H2,1-4H3,(H,31,35). The second-order valence-electron chi connectivity index (χ2n) is 8.96. The molecule has 3 aromatic rings. The third kappa shape index (κ3) is 8.69. The molecule has 3 rings (SSSR count). The minimum atomic E-state index is -0.545. The SMILES string of the molecule is COCCCN(CC(=O)N(CCc1ccc(OC)c(OC)c1)Cc1sccc1C)C(=O)Nc1ccccc1F. The lowest BCUT2D eigenvalue weighted by Crippen LogP contribution is -2.45. The van der Waals surface area contributed by atoms with Crippen molar-refractivity contribution >= 4 is 29.0 Å². The van der Waals surface area contributed by atoms with Crippen LogP contribution in [-0.2, 0) is 22.5 Å². The van der Waals surface area contributed by atoms with Crippen molar-refractivity contribution in [2.75, 3.05) is 52.9 Å². The minimum Gasteiger partial charge on any atom is -0.493 e. The van der Waals surface area contributed by atoms with E-state index in [0.29, 0.717) is 44.0 Å². The van der Waals surface area contributed by atoms with Crippen molar-refractivity contribution in [1.29, 1.82) is 0 Å². The molecule has 0 bridgehead atoms. The first-order valence-corrected chi connectivity index (χ1v) is 13.5. The van der Waals surface area contributed by atoms with Crippen molar-refractivity contribution in [2.24, 2.45) is 0 Å². The van der Waals surface area contributed by atoms with Gasteiger partial charge >= 0.3 is 6.03 Å². The molecule has 1 N–H and O–H groups in total. The quantitative estimate of drug-likeness (QED) is 0.270. The molecule has 0 unspecified atom stereocenters. The van der Waals surface area contributed by atoms with Gasteiger partial charge in [-0.1, -0.05) is 18.2 Å². The molecule has 8 nitrogen and oxygen atoms in total. The summed E-state index contributed by atoms with van der Waals surface area (Å²) in [6.45, 7) is 3.43. The summed E-state index contributed by atoms with van der Waals surface area (Å²) in [5.74, 6) is 0.509. The number of thiophene rings is 1. The maximum Gasteiger partial charge on any atom is 0.322 e. The van der Waals surface area contributed by atoms with E-state index in [1.165, 1.54) is 17.0 Å². The van der Waals surface area contributed by atoms with Crippen LogP contribution < -0.4 is 14.8 Å². The molecule has 0 saturated carbocycles. The highest BCUT2D eigenvalue weighted by atomic mass is 32.1. The van der Waals surface area contributed by atoms with Gasteiger partial charge in [-0.2, -0.15) is 0 Å². The van der Waals surface area contributed by atoms with Crippen LogP contribution in [0.4, 0.5) is 14.9 Å². The van der Waals surface area contributed by atoms with E-state index in [9.17, 15) is 14.0 Å². The predicted molar refractivity (Wildman–Crippen MR) is 151 cm³/mol. The summed E-state index contributed by atoms with van der Waals surface area (Å²) in [6.07, 6.45) is 1.12. The summed E-state index contributed by atoms with van der Waals surface area (Å²) in [6, 6.07) is 13.1. The largest absolute Gasteiger partial charge is 0.493 e. The fraction of sp³-hybridized carbons (Fsp3) is 0.379. The number of carbonyl (C=O) groups is 2. The van der Waals surface area contributed by atoms with Crippen molar-refractivity contribution in [1.82, 2.24) is 9.80 Å². The number of anilines is 1. The number of nitrogens with zero attached hydrogens (tertiary/aromatic N) is 2. The summed E-state index contributed by atoms with van der Waals surface area (Å²) in [5.41, 5.74) is 2.16. The number of halogens is 1. The van der Waals surface area contributed by atoms with Crippen molar-refractivity contribution < 1.29 is 28.2 Å². The number of methoxy groups -OCH3 is 3. The molecule has 10 heteroatoms. The molecule has 1 heterocycles. The maximum absolute atomic E-state index is 14.2. The number of rotatable bonds is 14. The van der Waals surface area contributed by atoms with Crippen molar-refractivity contribution in [3.63, 3.8) is 0 Å². The molecule has 0 fully saturated rings. The first kappa shape index (κ1) is 29.9. The van der Waals surface area contributed by atoms with Crippen molar-refractivity contribution in [3.8, 4) is 11.5 Å². The number of hydrogen-bond acceptors (Lipinski definition) is 6. The van der Waals surface area contributed by atoms with Crippen LogP contribution in [0.15, 0.2) is 53.9 Å². The highest BCUT2D eigenvalue weighted by Gasteiger charge is 2.23. The average molecular weight is 558 g/mol. The highest BCUT2D eigenvalue weighted by Crippen LogP contribution is 2.28. The highest BCUT2D eigenvalue weighted by molar-refractivity contribution is 7.10. The number of nitrogens with one attached hydrogen (secondary N) is 1. The van der Waals surface area contributed by atoms with E-state index in [0.717, 1.165) is 16.0 Å². The number of urea groups is 1. The Morgan fingerprint density at radius 3 is 2.41 bits per heavy atom. The van der Waals surface area contributed by atoms with Crippen LogP contribution >= 0.6 is 11.3 Å². The fourth-order valence-corrected chi connectivity index (χ4v) is 4.92. The van der Waals surface area contributed by atoms with Crippen LogP contribution in [0, 0.1) is 12.7 Å². The fourth-order valence-electron chi connectivity index (χ4n) is 4.00.